The summed E-state index contributed by atoms with van der Waals surface area (Å²) in [7, 11) is -1.36. The predicted molar refractivity (Wildman–Crippen MR) is 88.2 cm³/mol. The van der Waals surface area contributed by atoms with Crippen LogP contribution in [0.3, 0.4) is 0 Å². The fourth-order valence-corrected chi connectivity index (χ4v) is 4.16. The number of carbonyl (C=O) groups is 2. The monoisotopic (exact) mass is 351 g/mol. The number of piperidine rings is 1. The van der Waals surface area contributed by atoms with Crippen molar-refractivity contribution in [3.05, 3.63) is 29.6 Å². The zero-order valence-electron chi connectivity index (χ0n) is 13.9. The third kappa shape index (κ3) is 2.79. The first kappa shape index (κ1) is 16.9. The number of likely N-dealkylation sites (tertiary alicyclic amines) is 1. The van der Waals surface area contributed by atoms with Gasteiger partial charge in [0.05, 0.1) is 22.5 Å². The summed E-state index contributed by atoms with van der Waals surface area (Å²) < 4.78 is 22.4. The van der Waals surface area contributed by atoms with Crippen molar-refractivity contribution in [1.82, 2.24) is 14.8 Å². The lowest BCUT2D eigenvalue weighted by molar-refractivity contribution is -0.133. The summed E-state index contributed by atoms with van der Waals surface area (Å²) in [5.74, 6) is -0.311. The van der Waals surface area contributed by atoms with Gasteiger partial charge < -0.3 is 9.80 Å². The lowest BCUT2D eigenvalue weighted by Crippen LogP contribution is -2.51. The largest absolute Gasteiger partial charge is 0.342 e. The molecule has 2 aliphatic rings. The predicted octanol–water partition coefficient (Wildman–Crippen LogP) is 0.420. The van der Waals surface area contributed by atoms with E-state index in [9.17, 15) is 18.0 Å². The van der Waals surface area contributed by atoms with Gasteiger partial charge in [0.1, 0.15) is 9.84 Å². The molecule has 24 heavy (non-hydrogen) atoms. The first-order valence-corrected chi connectivity index (χ1v) is 10.00. The number of hydrogen-bond donors (Lipinski definition) is 0. The Balaban J connectivity index is 1.73. The van der Waals surface area contributed by atoms with Gasteiger partial charge in [0, 0.05) is 39.0 Å². The van der Waals surface area contributed by atoms with Crippen molar-refractivity contribution in [2.45, 2.75) is 24.8 Å². The topological polar surface area (TPSA) is 87.7 Å². The maximum atomic E-state index is 12.4. The van der Waals surface area contributed by atoms with Crippen molar-refractivity contribution in [3.63, 3.8) is 0 Å². The van der Waals surface area contributed by atoms with Crippen molar-refractivity contribution in [2.75, 3.05) is 32.1 Å². The van der Waals surface area contributed by atoms with Crippen molar-refractivity contribution in [3.8, 4) is 0 Å². The molecule has 1 spiro atoms. The second-order valence-electron chi connectivity index (χ2n) is 6.56. The van der Waals surface area contributed by atoms with E-state index in [0.29, 0.717) is 31.5 Å². The van der Waals surface area contributed by atoms with Gasteiger partial charge >= 0.3 is 0 Å². The van der Waals surface area contributed by atoms with E-state index in [1.165, 1.54) is 0 Å². The summed E-state index contributed by atoms with van der Waals surface area (Å²) in [4.78, 5) is 32.5. The van der Waals surface area contributed by atoms with Crippen molar-refractivity contribution in [1.29, 1.82) is 0 Å². The van der Waals surface area contributed by atoms with Crippen molar-refractivity contribution in [2.24, 2.45) is 0 Å². The molecule has 0 radical (unpaired) electrons. The number of nitrogens with zero attached hydrogens (tertiary/aromatic N) is 3. The Morgan fingerprint density at radius 3 is 2.62 bits per heavy atom. The van der Waals surface area contributed by atoms with Crippen LogP contribution >= 0.6 is 0 Å². The van der Waals surface area contributed by atoms with Crippen LogP contribution in [0.1, 0.15) is 35.3 Å². The van der Waals surface area contributed by atoms with Gasteiger partial charge in [-0.15, -0.1) is 0 Å². The highest BCUT2D eigenvalue weighted by Gasteiger charge is 2.50. The molecule has 130 valence electrons. The lowest BCUT2D eigenvalue weighted by Gasteiger charge is -2.43. The normalized spacial score (nSPS) is 19.7. The van der Waals surface area contributed by atoms with Crippen LogP contribution in [0.4, 0.5) is 0 Å². The van der Waals surface area contributed by atoms with E-state index < -0.39 is 15.4 Å². The molecule has 2 aliphatic heterocycles. The standard InChI is InChI=1S/C16H21N3O4S/c1-18-15(21)12-4-3-8-17-14(12)16(18)6-9-19(10-7-16)13(20)5-11-24(2,22)23/h3-4,8H,5-7,9-11H2,1-2H3. The van der Waals surface area contributed by atoms with E-state index in [-0.39, 0.29) is 24.0 Å². The molecule has 0 saturated carbocycles. The summed E-state index contributed by atoms with van der Waals surface area (Å²) in [6.07, 6.45) is 4.06. The fraction of sp³-hybridized carbons (Fsp3) is 0.562. The Labute approximate surface area is 141 Å². The number of rotatable bonds is 3. The Morgan fingerprint density at radius 1 is 1.33 bits per heavy atom. The highest BCUT2D eigenvalue weighted by atomic mass is 32.2. The van der Waals surface area contributed by atoms with Gasteiger partial charge in [0.25, 0.3) is 5.91 Å². The molecule has 0 unspecified atom stereocenters. The van der Waals surface area contributed by atoms with Crippen LogP contribution in [0.2, 0.25) is 0 Å². The Bertz CT molecular complexity index is 782. The minimum absolute atomic E-state index is 0.00937. The molecule has 7 nitrogen and oxygen atoms in total. The Kier molecular flexibility index (Phi) is 4.11. The zero-order chi connectivity index (χ0) is 17.5. The van der Waals surface area contributed by atoms with Gasteiger partial charge in [-0.2, -0.15) is 0 Å². The molecule has 3 heterocycles. The minimum Gasteiger partial charge on any atom is -0.342 e. The van der Waals surface area contributed by atoms with E-state index in [2.05, 4.69) is 4.98 Å². The minimum atomic E-state index is -3.15. The molecule has 1 aromatic heterocycles. The van der Waals surface area contributed by atoms with E-state index >= 15 is 0 Å². The molecule has 0 N–H and O–H groups in total. The number of hydrogen-bond acceptors (Lipinski definition) is 5. The van der Waals surface area contributed by atoms with Crippen molar-refractivity contribution < 1.29 is 18.0 Å². The van der Waals surface area contributed by atoms with Crippen LogP contribution in [0.25, 0.3) is 0 Å². The number of sulfone groups is 1. The van der Waals surface area contributed by atoms with E-state index in [4.69, 9.17) is 0 Å². The van der Waals surface area contributed by atoms with Gasteiger partial charge in [0.15, 0.2) is 0 Å². The quantitative estimate of drug-likeness (QED) is 0.787. The Hall–Kier alpha value is -1.96. The molecule has 8 heteroatoms. The van der Waals surface area contributed by atoms with Gasteiger partial charge in [-0.25, -0.2) is 8.42 Å². The second kappa shape index (κ2) is 5.84. The van der Waals surface area contributed by atoms with Crippen LogP contribution in [0, 0.1) is 0 Å². The summed E-state index contributed by atoms with van der Waals surface area (Å²) in [5, 5.41) is 0. The number of pyridine rings is 1. The lowest BCUT2D eigenvalue weighted by atomic mass is 9.84. The fourth-order valence-electron chi connectivity index (χ4n) is 3.61. The van der Waals surface area contributed by atoms with E-state index in [0.717, 1.165) is 11.9 Å². The summed E-state index contributed by atoms with van der Waals surface area (Å²) in [5.41, 5.74) is 0.971. The maximum Gasteiger partial charge on any atom is 0.256 e. The van der Waals surface area contributed by atoms with Gasteiger partial charge in [-0.05, 0) is 25.0 Å². The van der Waals surface area contributed by atoms with E-state index in [1.54, 1.807) is 35.2 Å². The van der Waals surface area contributed by atoms with Crippen LogP contribution in [0.15, 0.2) is 18.3 Å². The molecule has 1 fully saturated rings. The smallest absolute Gasteiger partial charge is 0.256 e. The first-order chi connectivity index (χ1) is 11.2. The second-order valence-corrected chi connectivity index (χ2v) is 8.82. The number of aromatic nitrogens is 1. The molecule has 0 atom stereocenters. The van der Waals surface area contributed by atoms with Gasteiger partial charge in [-0.3, -0.25) is 14.6 Å². The highest BCUT2D eigenvalue weighted by molar-refractivity contribution is 7.90. The molecule has 1 saturated heterocycles. The van der Waals surface area contributed by atoms with Crippen LogP contribution in [-0.4, -0.2) is 67.2 Å². The molecule has 0 bridgehead atoms. The van der Waals surface area contributed by atoms with Crippen LogP contribution in [-0.2, 0) is 20.2 Å². The molecule has 0 aromatic carbocycles. The van der Waals surface area contributed by atoms with Crippen molar-refractivity contribution >= 4 is 21.7 Å². The van der Waals surface area contributed by atoms with Gasteiger partial charge in [0.2, 0.25) is 5.91 Å². The molecule has 1 aromatic rings. The number of carbonyl (C=O) groups excluding carboxylic acids is 2. The number of amides is 2. The molecular formula is C16H21N3O4S. The zero-order valence-corrected chi connectivity index (χ0v) is 14.7. The maximum absolute atomic E-state index is 12.4. The summed E-state index contributed by atoms with van der Waals surface area (Å²) in [6.45, 7) is 0.993. The summed E-state index contributed by atoms with van der Waals surface area (Å²) in [6, 6.07) is 3.55. The molecule has 0 aliphatic carbocycles. The first-order valence-electron chi connectivity index (χ1n) is 7.94. The van der Waals surface area contributed by atoms with Crippen LogP contribution < -0.4 is 0 Å². The van der Waals surface area contributed by atoms with Gasteiger partial charge in [-0.1, -0.05) is 0 Å². The third-order valence-corrected chi connectivity index (χ3v) is 6.00. The molecule has 3 rings (SSSR count). The average molecular weight is 351 g/mol. The highest BCUT2D eigenvalue weighted by Crippen LogP contribution is 2.44. The summed E-state index contributed by atoms with van der Waals surface area (Å²) >= 11 is 0. The number of fused-ring (bicyclic) bond motifs is 2. The third-order valence-electron chi connectivity index (χ3n) is 5.06. The van der Waals surface area contributed by atoms with E-state index in [1.807, 2.05) is 0 Å². The van der Waals surface area contributed by atoms with Crippen LogP contribution in [0.5, 0.6) is 0 Å². The molecular weight excluding hydrogens is 330 g/mol. The molecule has 2 amide bonds. The average Bonchev–Trinajstić information content (AvgIpc) is 2.76. The Morgan fingerprint density at radius 2 is 2.00 bits per heavy atom. The SMILES string of the molecule is CN1C(=O)c2cccnc2C12CCN(C(=O)CCS(C)(=O)=O)CC2.